The van der Waals surface area contributed by atoms with E-state index < -0.39 is 0 Å². The molecule has 0 aliphatic carbocycles. The van der Waals surface area contributed by atoms with Gasteiger partial charge in [0.05, 0.1) is 12.1 Å². The highest BCUT2D eigenvalue weighted by Gasteiger charge is 2.28. The minimum absolute atomic E-state index is 0.105. The molecule has 2 saturated heterocycles. The van der Waals surface area contributed by atoms with Gasteiger partial charge in [-0.15, -0.1) is 0 Å². The van der Waals surface area contributed by atoms with E-state index >= 15 is 0 Å². The SMILES string of the molecule is COc1ccc(C(=O)N2CCCC[C@H]2CCN2CCCCC2)cc1Cl. The maximum atomic E-state index is 13.0. The Labute approximate surface area is 156 Å². The largest absolute Gasteiger partial charge is 0.495 e. The van der Waals surface area contributed by atoms with Crippen molar-refractivity contribution in [1.29, 1.82) is 0 Å². The van der Waals surface area contributed by atoms with Crippen LogP contribution in [0.4, 0.5) is 0 Å². The minimum atomic E-state index is 0.105. The average Bonchev–Trinajstić information content (AvgIpc) is 2.67. The predicted octanol–water partition coefficient (Wildman–Crippen LogP) is 4.22. The minimum Gasteiger partial charge on any atom is -0.495 e. The number of rotatable bonds is 5. The van der Waals surface area contributed by atoms with Crippen LogP contribution < -0.4 is 4.74 Å². The first-order valence-corrected chi connectivity index (χ1v) is 9.93. The van der Waals surface area contributed by atoms with Gasteiger partial charge in [-0.1, -0.05) is 18.0 Å². The van der Waals surface area contributed by atoms with E-state index in [1.54, 1.807) is 19.2 Å². The number of ether oxygens (including phenoxy) is 1. The summed E-state index contributed by atoms with van der Waals surface area (Å²) in [5.74, 6) is 0.714. The maximum Gasteiger partial charge on any atom is 0.254 e. The van der Waals surface area contributed by atoms with E-state index in [0.29, 0.717) is 22.4 Å². The molecule has 138 valence electrons. The van der Waals surface area contributed by atoms with E-state index in [2.05, 4.69) is 9.80 Å². The molecule has 2 aliphatic rings. The Hall–Kier alpha value is -1.26. The topological polar surface area (TPSA) is 32.8 Å². The fourth-order valence-corrected chi connectivity index (χ4v) is 4.31. The average molecular weight is 365 g/mol. The normalized spacial score (nSPS) is 22.0. The van der Waals surface area contributed by atoms with E-state index in [0.717, 1.165) is 32.4 Å². The number of amides is 1. The van der Waals surface area contributed by atoms with Gasteiger partial charge in [0.25, 0.3) is 5.91 Å². The summed E-state index contributed by atoms with van der Waals surface area (Å²) >= 11 is 6.21. The number of benzene rings is 1. The zero-order chi connectivity index (χ0) is 17.6. The summed E-state index contributed by atoms with van der Waals surface area (Å²) in [5.41, 5.74) is 0.663. The summed E-state index contributed by atoms with van der Waals surface area (Å²) in [5, 5.41) is 0.496. The molecule has 0 saturated carbocycles. The Morgan fingerprint density at radius 3 is 2.64 bits per heavy atom. The first-order valence-electron chi connectivity index (χ1n) is 9.56. The molecule has 3 rings (SSSR count). The molecule has 1 atom stereocenters. The van der Waals surface area contributed by atoms with Crippen molar-refractivity contribution in [3.05, 3.63) is 28.8 Å². The number of piperidine rings is 2. The van der Waals surface area contributed by atoms with Crippen molar-refractivity contribution in [2.24, 2.45) is 0 Å². The van der Waals surface area contributed by atoms with Crippen LogP contribution in [0.1, 0.15) is 55.3 Å². The Kier molecular flexibility index (Phi) is 6.60. The van der Waals surface area contributed by atoms with Crippen molar-refractivity contribution in [2.45, 2.75) is 51.0 Å². The number of carbonyl (C=O) groups is 1. The van der Waals surface area contributed by atoms with Crippen LogP contribution in [0.15, 0.2) is 18.2 Å². The molecular weight excluding hydrogens is 336 g/mol. The van der Waals surface area contributed by atoms with Crippen LogP contribution in [0, 0.1) is 0 Å². The van der Waals surface area contributed by atoms with Crippen LogP contribution in [-0.2, 0) is 0 Å². The molecular formula is C20H29ClN2O2. The number of methoxy groups -OCH3 is 1. The Morgan fingerprint density at radius 2 is 1.92 bits per heavy atom. The van der Waals surface area contributed by atoms with Gasteiger partial charge in [0.1, 0.15) is 5.75 Å². The van der Waals surface area contributed by atoms with Gasteiger partial charge in [-0.05, 0) is 69.8 Å². The fraction of sp³-hybridized carbons (Fsp3) is 0.650. The summed E-state index contributed by atoms with van der Waals surface area (Å²) in [6, 6.07) is 5.69. The van der Waals surface area contributed by atoms with Crippen LogP contribution >= 0.6 is 11.6 Å². The zero-order valence-corrected chi connectivity index (χ0v) is 15.9. The van der Waals surface area contributed by atoms with E-state index in [1.165, 1.54) is 38.8 Å². The third-order valence-electron chi connectivity index (χ3n) is 5.51. The molecule has 25 heavy (non-hydrogen) atoms. The van der Waals surface area contributed by atoms with E-state index in [1.807, 2.05) is 6.07 Å². The van der Waals surface area contributed by atoms with Gasteiger partial charge in [-0.3, -0.25) is 4.79 Å². The number of nitrogens with zero attached hydrogens (tertiary/aromatic N) is 2. The van der Waals surface area contributed by atoms with Crippen molar-refractivity contribution < 1.29 is 9.53 Å². The van der Waals surface area contributed by atoms with E-state index in [-0.39, 0.29) is 5.91 Å². The Bertz CT molecular complexity index is 587. The summed E-state index contributed by atoms with van der Waals surface area (Å²) in [6.45, 7) is 4.40. The molecule has 2 fully saturated rings. The van der Waals surface area contributed by atoms with Gasteiger partial charge in [-0.25, -0.2) is 0 Å². The second-order valence-corrected chi connectivity index (χ2v) is 7.60. The molecule has 1 amide bonds. The third-order valence-corrected chi connectivity index (χ3v) is 5.81. The summed E-state index contributed by atoms with van der Waals surface area (Å²) in [7, 11) is 1.59. The summed E-state index contributed by atoms with van der Waals surface area (Å²) < 4.78 is 5.19. The van der Waals surface area contributed by atoms with E-state index in [4.69, 9.17) is 16.3 Å². The lowest BCUT2D eigenvalue weighted by atomic mass is 9.97. The van der Waals surface area contributed by atoms with Crippen molar-refractivity contribution in [3.8, 4) is 5.75 Å². The standard InChI is InChI=1S/C20H29ClN2O2/c1-25-19-9-8-16(15-18(19)21)20(24)23-13-6-3-7-17(23)10-14-22-11-4-2-5-12-22/h8-9,15,17H,2-7,10-14H2,1H3/t17-/m0/s1. The van der Waals surface area contributed by atoms with Gasteiger partial charge >= 0.3 is 0 Å². The van der Waals surface area contributed by atoms with Gasteiger partial charge in [0.2, 0.25) is 0 Å². The van der Waals surface area contributed by atoms with Gasteiger partial charge in [0.15, 0.2) is 0 Å². The number of hydrogen-bond donors (Lipinski definition) is 0. The fourth-order valence-electron chi connectivity index (χ4n) is 4.05. The van der Waals surface area contributed by atoms with E-state index in [9.17, 15) is 4.79 Å². The molecule has 4 nitrogen and oxygen atoms in total. The molecule has 0 unspecified atom stereocenters. The number of likely N-dealkylation sites (tertiary alicyclic amines) is 2. The molecule has 0 N–H and O–H groups in total. The number of carbonyl (C=O) groups excluding carboxylic acids is 1. The first-order chi connectivity index (χ1) is 12.2. The Balaban J connectivity index is 1.64. The molecule has 2 aliphatic heterocycles. The van der Waals surface area contributed by atoms with Gasteiger partial charge in [-0.2, -0.15) is 0 Å². The number of halogens is 1. The Morgan fingerprint density at radius 1 is 1.16 bits per heavy atom. The van der Waals surface area contributed by atoms with Gasteiger partial charge < -0.3 is 14.5 Å². The third kappa shape index (κ3) is 4.68. The lowest BCUT2D eigenvalue weighted by Crippen LogP contribution is -2.45. The molecule has 2 heterocycles. The molecule has 1 aromatic carbocycles. The summed E-state index contributed by atoms with van der Waals surface area (Å²) in [6.07, 6.45) is 8.50. The maximum absolute atomic E-state index is 13.0. The second-order valence-electron chi connectivity index (χ2n) is 7.19. The van der Waals surface area contributed by atoms with Crippen LogP contribution in [0.25, 0.3) is 0 Å². The molecule has 0 aromatic heterocycles. The van der Waals surface area contributed by atoms with Crippen molar-refractivity contribution in [3.63, 3.8) is 0 Å². The van der Waals surface area contributed by atoms with Crippen LogP contribution in [0.5, 0.6) is 5.75 Å². The highest BCUT2D eigenvalue weighted by Crippen LogP contribution is 2.28. The quantitative estimate of drug-likeness (QED) is 0.784. The summed E-state index contributed by atoms with van der Waals surface area (Å²) in [4.78, 5) is 17.7. The molecule has 5 heteroatoms. The molecule has 1 aromatic rings. The zero-order valence-electron chi connectivity index (χ0n) is 15.2. The molecule has 0 spiro atoms. The molecule has 0 bridgehead atoms. The predicted molar refractivity (Wildman–Crippen MR) is 102 cm³/mol. The van der Waals surface area contributed by atoms with Crippen molar-refractivity contribution >= 4 is 17.5 Å². The van der Waals surface area contributed by atoms with Crippen LogP contribution in [0.2, 0.25) is 5.02 Å². The van der Waals surface area contributed by atoms with Crippen LogP contribution in [-0.4, -0.2) is 55.0 Å². The van der Waals surface area contributed by atoms with Crippen LogP contribution in [0.3, 0.4) is 0 Å². The monoisotopic (exact) mass is 364 g/mol. The lowest BCUT2D eigenvalue weighted by molar-refractivity contribution is 0.0579. The first kappa shape index (κ1) is 18.5. The second kappa shape index (κ2) is 8.91. The smallest absolute Gasteiger partial charge is 0.254 e. The molecule has 0 radical (unpaired) electrons. The highest BCUT2D eigenvalue weighted by molar-refractivity contribution is 6.32. The number of hydrogen-bond acceptors (Lipinski definition) is 3. The lowest BCUT2D eigenvalue weighted by Gasteiger charge is -2.37. The van der Waals surface area contributed by atoms with Gasteiger partial charge in [0, 0.05) is 24.7 Å². The van der Waals surface area contributed by atoms with Crippen molar-refractivity contribution in [2.75, 3.05) is 33.3 Å². The highest BCUT2D eigenvalue weighted by atomic mass is 35.5. The van der Waals surface area contributed by atoms with Crippen molar-refractivity contribution in [1.82, 2.24) is 9.80 Å².